The van der Waals surface area contributed by atoms with Gasteiger partial charge in [0.1, 0.15) is 5.82 Å². The first-order valence-electron chi connectivity index (χ1n) is 8.76. The van der Waals surface area contributed by atoms with E-state index in [0.717, 1.165) is 47.7 Å². The molecule has 0 amide bonds. The van der Waals surface area contributed by atoms with Gasteiger partial charge in [0.2, 0.25) is 0 Å². The number of fused-ring (bicyclic) bond motifs is 3. The van der Waals surface area contributed by atoms with E-state index in [1.807, 2.05) is 30.3 Å². The average Bonchev–Trinajstić information content (AvgIpc) is 2.86. The molecule has 1 aliphatic rings. The van der Waals surface area contributed by atoms with Crippen LogP contribution >= 0.6 is 0 Å². The molecular weight excluding hydrogens is 310 g/mol. The average molecular weight is 331 g/mol. The number of benzene rings is 2. The summed E-state index contributed by atoms with van der Waals surface area (Å²) in [5.41, 5.74) is 5.70. The Morgan fingerprint density at radius 1 is 0.920 bits per heavy atom. The molecule has 1 aliphatic carbocycles. The minimum atomic E-state index is 0.0794. The maximum atomic E-state index is 9.23. The van der Waals surface area contributed by atoms with Gasteiger partial charge in [-0.15, -0.1) is 0 Å². The number of nitrogens with zero attached hydrogens (tertiary/aromatic N) is 2. The predicted octanol–water partition coefficient (Wildman–Crippen LogP) is 3.70. The van der Waals surface area contributed by atoms with Crippen molar-refractivity contribution in [3.63, 3.8) is 0 Å². The largest absolute Gasteiger partial charge is 0.395 e. The lowest BCUT2D eigenvalue weighted by molar-refractivity contribution is 0.311. The van der Waals surface area contributed by atoms with Gasteiger partial charge >= 0.3 is 0 Å². The molecule has 0 unspecified atom stereocenters. The Kier molecular flexibility index (Phi) is 4.44. The Hall–Kier alpha value is -2.72. The Labute approximate surface area is 147 Å². The van der Waals surface area contributed by atoms with Crippen LogP contribution < -0.4 is 5.32 Å². The lowest BCUT2D eigenvalue weighted by atomic mass is 10.0. The number of aliphatic hydroxyl groups excluding tert-OH is 1. The first-order valence-corrected chi connectivity index (χ1v) is 8.76. The van der Waals surface area contributed by atoms with Crippen LogP contribution in [0.25, 0.3) is 22.6 Å². The van der Waals surface area contributed by atoms with Crippen LogP contribution in [-0.4, -0.2) is 28.2 Å². The van der Waals surface area contributed by atoms with Gasteiger partial charge in [-0.25, -0.2) is 9.97 Å². The summed E-state index contributed by atoms with van der Waals surface area (Å²) in [5, 5.41) is 12.5. The molecule has 0 bridgehead atoms. The van der Waals surface area contributed by atoms with Gasteiger partial charge in [-0.3, -0.25) is 0 Å². The molecule has 0 fully saturated rings. The van der Waals surface area contributed by atoms with Gasteiger partial charge in [-0.2, -0.15) is 0 Å². The first kappa shape index (κ1) is 15.8. The number of nitrogens with one attached hydrogen (secondary N) is 1. The van der Waals surface area contributed by atoms with Crippen molar-refractivity contribution in [2.24, 2.45) is 0 Å². The molecule has 0 saturated heterocycles. The topological polar surface area (TPSA) is 58.0 Å². The number of hydrogen-bond donors (Lipinski definition) is 2. The fourth-order valence-electron chi connectivity index (χ4n) is 3.41. The highest BCUT2D eigenvalue weighted by molar-refractivity contribution is 5.75. The van der Waals surface area contributed by atoms with E-state index in [4.69, 9.17) is 9.97 Å². The summed E-state index contributed by atoms with van der Waals surface area (Å²) in [6, 6.07) is 18.5. The van der Waals surface area contributed by atoms with Gasteiger partial charge in [0.15, 0.2) is 5.82 Å². The van der Waals surface area contributed by atoms with Crippen LogP contribution in [0.15, 0.2) is 54.6 Å². The van der Waals surface area contributed by atoms with E-state index >= 15 is 0 Å². The zero-order valence-corrected chi connectivity index (χ0v) is 14.1. The lowest BCUT2D eigenvalue weighted by Crippen LogP contribution is -2.12. The maximum absolute atomic E-state index is 9.23. The van der Waals surface area contributed by atoms with Crippen LogP contribution in [-0.2, 0) is 12.8 Å². The fraction of sp³-hybridized carbons (Fsp3) is 0.238. The van der Waals surface area contributed by atoms with Gasteiger partial charge in [-0.1, -0.05) is 54.6 Å². The number of aryl methyl sites for hydroxylation is 1. The van der Waals surface area contributed by atoms with Crippen molar-refractivity contribution in [1.29, 1.82) is 0 Å². The van der Waals surface area contributed by atoms with E-state index in [0.29, 0.717) is 6.54 Å². The zero-order valence-electron chi connectivity index (χ0n) is 14.1. The third-order valence-corrected chi connectivity index (χ3v) is 4.59. The smallest absolute Gasteiger partial charge is 0.162 e. The highest BCUT2D eigenvalue weighted by atomic mass is 16.3. The van der Waals surface area contributed by atoms with Crippen molar-refractivity contribution < 1.29 is 5.11 Å². The Morgan fingerprint density at radius 3 is 2.56 bits per heavy atom. The highest BCUT2D eigenvalue weighted by Gasteiger charge is 2.21. The molecule has 0 radical (unpaired) electrons. The molecule has 1 heterocycles. The van der Waals surface area contributed by atoms with Crippen LogP contribution in [0.5, 0.6) is 0 Å². The summed E-state index contributed by atoms with van der Waals surface area (Å²) in [5.74, 6) is 1.56. The van der Waals surface area contributed by atoms with E-state index < -0.39 is 0 Å². The van der Waals surface area contributed by atoms with E-state index in [1.165, 1.54) is 11.1 Å². The summed E-state index contributed by atoms with van der Waals surface area (Å²) in [6.07, 6.45) is 3.06. The van der Waals surface area contributed by atoms with E-state index in [-0.39, 0.29) is 6.61 Å². The second-order valence-electron chi connectivity index (χ2n) is 6.25. The van der Waals surface area contributed by atoms with Crippen molar-refractivity contribution in [3.05, 3.63) is 65.7 Å². The molecule has 4 rings (SSSR count). The summed E-state index contributed by atoms with van der Waals surface area (Å²) in [6.45, 7) is 0.565. The molecule has 126 valence electrons. The van der Waals surface area contributed by atoms with Crippen LogP contribution in [0.1, 0.15) is 17.5 Å². The number of anilines is 1. The summed E-state index contributed by atoms with van der Waals surface area (Å²) < 4.78 is 0. The number of hydrogen-bond acceptors (Lipinski definition) is 4. The van der Waals surface area contributed by atoms with Crippen LogP contribution in [0.3, 0.4) is 0 Å². The molecule has 0 atom stereocenters. The molecule has 0 aliphatic heterocycles. The van der Waals surface area contributed by atoms with Gasteiger partial charge in [0, 0.05) is 23.2 Å². The fourth-order valence-corrected chi connectivity index (χ4v) is 3.41. The quantitative estimate of drug-likeness (QED) is 0.765. The van der Waals surface area contributed by atoms with Crippen molar-refractivity contribution in [1.82, 2.24) is 9.97 Å². The zero-order chi connectivity index (χ0) is 17.1. The molecule has 0 spiro atoms. The second kappa shape index (κ2) is 7.03. The monoisotopic (exact) mass is 331 g/mol. The minimum Gasteiger partial charge on any atom is -0.395 e. The second-order valence-corrected chi connectivity index (χ2v) is 6.25. The summed E-state index contributed by atoms with van der Waals surface area (Å²) in [4.78, 5) is 9.72. The van der Waals surface area contributed by atoms with Crippen LogP contribution in [0.4, 0.5) is 5.82 Å². The van der Waals surface area contributed by atoms with E-state index in [2.05, 4.69) is 29.6 Å². The summed E-state index contributed by atoms with van der Waals surface area (Å²) in [7, 11) is 0. The van der Waals surface area contributed by atoms with Crippen molar-refractivity contribution in [2.75, 3.05) is 18.5 Å². The van der Waals surface area contributed by atoms with Gasteiger partial charge < -0.3 is 10.4 Å². The third-order valence-electron chi connectivity index (χ3n) is 4.59. The number of aliphatic hydroxyl groups is 1. The predicted molar refractivity (Wildman–Crippen MR) is 101 cm³/mol. The molecule has 2 aromatic carbocycles. The van der Waals surface area contributed by atoms with Gasteiger partial charge in [-0.05, 0) is 24.8 Å². The molecule has 0 saturated carbocycles. The van der Waals surface area contributed by atoms with E-state index in [1.54, 1.807) is 0 Å². The first-order chi connectivity index (χ1) is 12.4. The molecule has 2 N–H and O–H groups in total. The van der Waals surface area contributed by atoms with E-state index in [9.17, 15) is 5.11 Å². The van der Waals surface area contributed by atoms with Gasteiger partial charge in [0.05, 0.1) is 12.3 Å². The molecule has 1 aromatic heterocycles. The third kappa shape index (κ3) is 3.13. The Balaban J connectivity index is 1.92. The highest BCUT2D eigenvalue weighted by Crippen LogP contribution is 2.35. The molecular formula is C21H21N3O. The van der Waals surface area contributed by atoms with Crippen LogP contribution in [0.2, 0.25) is 0 Å². The Morgan fingerprint density at radius 2 is 1.72 bits per heavy atom. The number of aromatic nitrogens is 2. The minimum absolute atomic E-state index is 0.0794. The Bertz CT molecular complexity index is 878. The molecule has 3 aromatic rings. The maximum Gasteiger partial charge on any atom is 0.162 e. The number of rotatable bonds is 4. The van der Waals surface area contributed by atoms with Crippen molar-refractivity contribution in [2.45, 2.75) is 19.3 Å². The van der Waals surface area contributed by atoms with Crippen molar-refractivity contribution >= 4 is 5.82 Å². The van der Waals surface area contributed by atoms with Crippen molar-refractivity contribution in [3.8, 4) is 22.6 Å². The normalized spacial score (nSPS) is 12.8. The van der Waals surface area contributed by atoms with Crippen LogP contribution in [0, 0.1) is 0 Å². The molecule has 4 heteroatoms. The van der Waals surface area contributed by atoms with Gasteiger partial charge in [0.25, 0.3) is 0 Å². The lowest BCUT2D eigenvalue weighted by Gasteiger charge is -2.15. The standard InChI is InChI=1S/C21H21N3O/c25-14-13-22-21-18-12-6-10-15-7-4-5-11-17(15)19(18)23-20(24-21)16-8-2-1-3-9-16/h1-5,7-9,11,25H,6,10,12-14H2,(H,22,23,24). The molecule has 25 heavy (non-hydrogen) atoms. The SMILES string of the molecule is OCCNc1nc(-c2ccccc2)nc2c1CCCc1ccccc1-2. The molecule has 4 nitrogen and oxygen atoms in total. The summed E-state index contributed by atoms with van der Waals surface area (Å²) >= 11 is 0.